The van der Waals surface area contributed by atoms with Gasteiger partial charge in [0.1, 0.15) is 0 Å². The van der Waals surface area contributed by atoms with Crippen LogP contribution in [0.1, 0.15) is 58.8 Å². The van der Waals surface area contributed by atoms with Crippen LogP contribution in [0.15, 0.2) is 0 Å². The van der Waals surface area contributed by atoms with Gasteiger partial charge in [0.2, 0.25) is 5.91 Å². The van der Waals surface area contributed by atoms with Crippen molar-refractivity contribution in [2.24, 2.45) is 29.1 Å². The maximum absolute atomic E-state index is 12.7. The summed E-state index contributed by atoms with van der Waals surface area (Å²) in [6.07, 6.45) is 7.77. The van der Waals surface area contributed by atoms with Crippen molar-refractivity contribution in [2.45, 2.75) is 64.9 Å². The lowest BCUT2D eigenvalue weighted by molar-refractivity contribution is -0.146. The molecule has 0 spiro atoms. The van der Waals surface area contributed by atoms with Crippen molar-refractivity contribution < 1.29 is 9.90 Å². The highest BCUT2D eigenvalue weighted by molar-refractivity contribution is 5.83. The molecular weight excluding hydrogens is 250 g/mol. The molecule has 0 aromatic heterocycles. The van der Waals surface area contributed by atoms with Gasteiger partial charge in [-0.05, 0) is 68.6 Å². The standard InChI is InChI=1S/C17H29NO2/c1-11(2)3-15(19)10-18-16(20)17-7-12-4-13(8-17)6-14(5-12)9-17/h11-15,19H,3-10H2,1-2H3,(H,18,20). The third-order valence-corrected chi connectivity index (χ3v) is 5.76. The molecule has 3 nitrogen and oxygen atoms in total. The zero-order valence-corrected chi connectivity index (χ0v) is 12.9. The quantitative estimate of drug-likeness (QED) is 0.813. The Labute approximate surface area is 122 Å². The molecule has 1 amide bonds. The topological polar surface area (TPSA) is 49.3 Å². The first-order valence-electron chi connectivity index (χ1n) is 8.43. The van der Waals surface area contributed by atoms with Crippen molar-refractivity contribution >= 4 is 5.91 Å². The smallest absolute Gasteiger partial charge is 0.226 e. The highest BCUT2D eigenvalue weighted by atomic mass is 16.3. The van der Waals surface area contributed by atoms with Gasteiger partial charge >= 0.3 is 0 Å². The molecule has 2 N–H and O–H groups in total. The van der Waals surface area contributed by atoms with Gasteiger partial charge in [0, 0.05) is 12.0 Å². The van der Waals surface area contributed by atoms with Crippen molar-refractivity contribution in [3.05, 3.63) is 0 Å². The van der Waals surface area contributed by atoms with Crippen molar-refractivity contribution in [3.63, 3.8) is 0 Å². The molecule has 1 unspecified atom stereocenters. The van der Waals surface area contributed by atoms with Gasteiger partial charge < -0.3 is 10.4 Å². The zero-order valence-electron chi connectivity index (χ0n) is 12.9. The van der Waals surface area contributed by atoms with Gasteiger partial charge in [-0.3, -0.25) is 4.79 Å². The molecular formula is C17H29NO2. The molecule has 0 aromatic rings. The van der Waals surface area contributed by atoms with Gasteiger partial charge in [0.15, 0.2) is 0 Å². The van der Waals surface area contributed by atoms with Gasteiger partial charge in [-0.2, -0.15) is 0 Å². The number of hydrogen-bond donors (Lipinski definition) is 2. The molecule has 4 aliphatic carbocycles. The predicted octanol–water partition coefficient (Wildman–Crippen LogP) is 2.73. The van der Waals surface area contributed by atoms with Gasteiger partial charge in [-0.15, -0.1) is 0 Å². The number of aliphatic hydroxyl groups is 1. The predicted molar refractivity (Wildman–Crippen MR) is 79.1 cm³/mol. The average Bonchev–Trinajstić information content (AvgIpc) is 2.33. The van der Waals surface area contributed by atoms with Crippen LogP contribution in [0.4, 0.5) is 0 Å². The Kier molecular flexibility index (Phi) is 3.83. The Bertz CT molecular complexity index is 342. The van der Waals surface area contributed by atoms with E-state index in [4.69, 9.17) is 0 Å². The summed E-state index contributed by atoms with van der Waals surface area (Å²) in [6, 6.07) is 0. The van der Waals surface area contributed by atoms with E-state index in [2.05, 4.69) is 19.2 Å². The minimum Gasteiger partial charge on any atom is -0.391 e. The average molecular weight is 279 g/mol. The summed E-state index contributed by atoms with van der Waals surface area (Å²) in [7, 11) is 0. The summed E-state index contributed by atoms with van der Waals surface area (Å²) in [5.41, 5.74) is -0.0771. The van der Waals surface area contributed by atoms with Crippen LogP contribution in [0, 0.1) is 29.1 Å². The third-order valence-electron chi connectivity index (χ3n) is 5.76. The summed E-state index contributed by atoms with van der Waals surface area (Å²) >= 11 is 0. The Balaban J connectivity index is 1.57. The molecule has 0 saturated heterocycles. The fourth-order valence-electron chi connectivity index (χ4n) is 5.41. The third kappa shape index (κ3) is 2.74. The molecule has 114 valence electrons. The van der Waals surface area contributed by atoms with E-state index in [-0.39, 0.29) is 11.3 Å². The van der Waals surface area contributed by atoms with Crippen molar-refractivity contribution in [2.75, 3.05) is 6.54 Å². The fourth-order valence-corrected chi connectivity index (χ4v) is 5.41. The number of hydrogen-bond acceptors (Lipinski definition) is 2. The molecule has 0 radical (unpaired) electrons. The second kappa shape index (κ2) is 5.32. The molecule has 4 fully saturated rings. The summed E-state index contributed by atoms with van der Waals surface area (Å²) in [6.45, 7) is 4.63. The van der Waals surface area contributed by atoms with Gasteiger partial charge in [0.25, 0.3) is 0 Å². The van der Waals surface area contributed by atoms with E-state index in [1.54, 1.807) is 0 Å². The number of rotatable bonds is 5. The van der Waals surface area contributed by atoms with E-state index in [1.165, 1.54) is 19.3 Å². The molecule has 0 aromatic carbocycles. The molecule has 20 heavy (non-hydrogen) atoms. The SMILES string of the molecule is CC(C)CC(O)CNC(=O)C12CC3CC(CC(C3)C1)C2. The minimum atomic E-state index is -0.395. The van der Waals surface area contributed by atoms with E-state index in [0.717, 1.165) is 43.4 Å². The Morgan fingerprint density at radius 1 is 1.15 bits per heavy atom. The van der Waals surface area contributed by atoms with E-state index < -0.39 is 6.10 Å². The maximum atomic E-state index is 12.7. The van der Waals surface area contributed by atoms with Gasteiger partial charge in [0.05, 0.1) is 6.10 Å². The lowest BCUT2D eigenvalue weighted by atomic mass is 9.49. The molecule has 0 heterocycles. The van der Waals surface area contributed by atoms with Gasteiger partial charge in [-0.1, -0.05) is 13.8 Å². The Morgan fingerprint density at radius 2 is 1.65 bits per heavy atom. The van der Waals surface area contributed by atoms with Crippen LogP contribution in [-0.2, 0) is 4.79 Å². The number of amides is 1. The summed E-state index contributed by atoms with van der Waals surface area (Å²) < 4.78 is 0. The van der Waals surface area contributed by atoms with E-state index in [9.17, 15) is 9.90 Å². The lowest BCUT2D eigenvalue weighted by Crippen LogP contribution is -2.54. The van der Waals surface area contributed by atoms with E-state index in [0.29, 0.717) is 12.5 Å². The molecule has 4 bridgehead atoms. The second-order valence-electron chi connectivity index (χ2n) is 8.19. The normalized spacial score (nSPS) is 40.1. The molecule has 4 aliphatic rings. The van der Waals surface area contributed by atoms with Crippen LogP contribution in [0.5, 0.6) is 0 Å². The van der Waals surface area contributed by atoms with Crippen molar-refractivity contribution in [1.29, 1.82) is 0 Å². The number of carbonyl (C=O) groups excluding carboxylic acids is 1. The molecule has 0 aliphatic heterocycles. The Hall–Kier alpha value is -0.570. The van der Waals surface area contributed by atoms with Crippen LogP contribution in [0.3, 0.4) is 0 Å². The molecule has 4 saturated carbocycles. The van der Waals surface area contributed by atoms with Gasteiger partial charge in [-0.25, -0.2) is 0 Å². The largest absolute Gasteiger partial charge is 0.391 e. The van der Waals surface area contributed by atoms with Crippen LogP contribution >= 0.6 is 0 Å². The van der Waals surface area contributed by atoms with E-state index >= 15 is 0 Å². The summed E-state index contributed by atoms with van der Waals surface area (Å²) in [4.78, 5) is 12.7. The lowest BCUT2D eigenvalue weighted by Gasteiger charge is -2.55. The first-order valence-corrected chi connectivity index (χ1v) is 8.43. The number of aliphatic hydroxyl groups excluding tert-OH is 1. The minimum absolute atomic E-state index is 0.0771. The monoisotopic (exact) mass is 279 g/mol. The maximum Gasteiger partial charge on any atom is 0.226 e. The number of carbonyl (C=O) groups is 1. The Morgan fingerprint density at radius 3 is 2.10 bits per heavy atom. The first-order chi connectivity index (χ1) is 9.47. The van der Waals surface area contributed by atoms with Crippen LogP contribution in [0.2, 0.25) is 0 Å². The molecule has 4 rings (SSSR count). The highest BCUT2D eigenvalue weighted by Gasteiger charge is 2.54. The van der Waals surface area contributed by atoms with Crippen molar-refractivity contribution in [3.8, 4) is 0 Å². The first kappa shape index (κ1) is 14.4. The van der Waals surface area contributed by atoms with Crippen molar-refractivity contribution in [1.82, 2.24) is 5.32 Å². The molecule has 3 heteroatoms. The fraction of sp³-hybridized carbons (Fsp3) is 0.941. The second-order valence-corrected chi connectivity index (χ2v) is 8.19. The zero-order chi connectivity index (χ0) is 14.3. The summed E-state index contributed by atoms with van der Waals surface area (Å²) in [5.74, 6) is 3.11. The van der Waals surface area contributed by atoms with Crippen LogP contribution in [-0.4, -0.2) is 23.7 Å². The highest BCUT2D eigenvalue weighted by Crippen LogP contribution is 2.60. The summed E-state index contributed by atoms with van der Waals surface area (Å²) in [5, 5.41) is 13.0. The van der Waals surface area contributed by atoms with E-state index in [1.807, 2.05) is 0 Å². The van der Waals surface area contributed by atoms with Crippen LogP contribution < -0.4 is 5.32 Å². The molecule has 1 atom stereocenters. The number of nitrogens with one attached hydrogen (secondary N) is 1. The van der Waals surface area contributed by atoms with Crippen LogP contribution in [0.25, 0.3) is 0 Å².